The van der Waals surface area contributed by atoms with Gasteiger partial charge in [-0.25, -0.2) is 9.97 Å². The summed E-state index contributed by atoms with van der Waals surface area (Å²) in [5.41, 5.74) is 19.1. The highest BCUT2D eigenvalue weighted by Gasteiger charge is 2.18. The summed E-state index contributed by atoms with van der Waals surface area (Å²) in [6, 6.07) is 69.5. The number of benzene rings is 8. The largest absolute Gasteiger partial charge is 0.310 e. The summed E-state index contributed by atoms with van der Waals surface area (Å²) in [5.74, 6) is 0.726. The van der Waals surface area contributed by atoms with Crippen LogP contribution in [0.15, 0.2) is 194 Å². The lowest BCUT2D eigenvalue weighted by Gasteiger charge is -2.25. The van der Waals surface area contributed by atoms with Crippen molar-refractivity contribution in [2.24, 2.45) is 0 Å². The highest BCUT2D eigenvalue weighted by Crippen LogP contribution is 2.40. The average Bonchev–Trinajstić information content (AvgIpc) is 3.61. The molecule has 10 rings (SSSR count). The minimum absolute atomic E-state index is 0.726. The van der Waals surface area contributed by atoms with Crippen molar-refractivity contribution in [2.75, 3.05) is 4.90 Å². The Morgan fingerprint density at radius 1 is 0.383 bits per heavy atom. The van der Waals surface area contributed by atoms with Crippen LogP contribution in [0.5, 0.6) is 0 Å². The van der Waals surface area contributed by atoms with Crippen molar-refractivity contribution in [1.82, 2.24) is 14.5 Å². The number of aryl methyl sites for hydroxylation is 4. The standard InChI is InChI=1S/C56H44N4/c1-37-19-23-41(24-20-37)51-36-52(58-56(57-51)43-25-21-38(2)22-26-43)44-33-39(3)55(40(4)34-44)42-27-29-47(30-28-42)60-53-18-12-11-17-49(53)50-35-48(31-32-54(50)60)59(45-13-7-5-8-14-45)46-15-9-6-10-16-46/h5-36H,1-4H3. The molecular formula is C56H44N4. The molecule has 0 saturated heterocycles. The molecule has 0 spiro atoms. The number of hydrogen-bond donors (Lipinski definition) is 0. The molecule has 0 aliphatic carbocycles. The lowest BCUT2D eigenvalue weighted by atomic mass is 9.92. The van der Waals surface area contributed by atoms with Crippen molar-refractivity contribution in [2.45, 2.75) is 27.7 Å². The Labute approximate surface area is 351 Å². The lowest BCUT2D eigenvalue weighted by Crippen LogP contribution is -2.09. The molecule has 0 bridgehead atoms. The van der Waals surface area contributed by atoms with E-state index >= 15 is 0 Å². The number of para-hydroxylation sites is 3. The first kappa shape index (κ1) is 36.8. The minimum Gasteiger partial charge on any atom is -0.310 e. The highest BCUT2D eigenvalue weighted by molar-refractivity contribution is 6.10. The average molecular weight is 773 g/mol. The quantitative estimate of drug-likeness (QED) is 0.154. The van der Waals surface area contributed by atoms with Gasteiger partial charge in [-0.2, -0.15) is 0 Å². The van der Waals surface area contributed by atoms with Crippen LogP contribution < -0.4 is 4.90 Å². The van der Waals surface area contributed by atoms with Gasteiger partial charge in [-0.3, -0.25) is 0 Å². The van der Waals surface area contributed by atoms with E-state index in [1.165, 1.54) is 55.2 Å². The summed E-state index contributed by atoms with van der Waals surface area (Å²) < 4.78 is 2.39. The molecule has 0 N–H and O–H groups in total. The Morgan fingerprint density at radius 2 is 0.900 bits per heavy atom. The van der Waals surface area contributed by atoms with Gasteiger partial charge in [-0.15, -0.1) is 0 Å². The van der Waals surface area contributed by atoms with E-state index in [2.05, 4.69) is 231 Å². The van der Waals surface area contributed by atoms with Crippen LogP contribution in [0.1, 0.15) is 22.3 Å². The van der Waals surface area contributed by atoms with Crippen LogP contribution in [0.2, 0.25) is 0 Å². The Balaban J connectivity index is 1.02. The van der Waals surface area contributed by atoms with Crippen molar-refractivity contribution in [3.63, 3.8) is 0 Å². The predicted octanol–water partition coefficient (Wildman–Crippen LogP) is 14.9. The van der Waals surface area contributed by atoms with Gasteiger partial charge >= 0.3 is 0 Å². The maximum absolute atomic E-state index is 5.15. The molecule has 2 heterocycles. The highest BCUT2D eigenvalue weighted by atomic mass is 15.1. The molecule has 0 saturated carbocycles. The van der Waals surface area contributed by atoms with Gasteiger partial charge in [-0.05, 0) is 129 Å². The van der Waals surface area contributed by atoms with Crippen LogP contribution >= 0.6 is 0 Å². The van der Waals surface area contributed by atoms with Gasteiger partial charge in [0, 0.05) is 50.2 Å². The topological polar surface area (TPSA) is 34.0 Å². The van der Waals surface area contributed by atoms with Gasteiger partial charge < -0.3 is 9.47 Å². The molecular weight excluding hydrogens is 729 g/mol. The third-order valence-electron chi connectivity index (χ3n) is 11.6. The summed E-state index contributed by atoms with van der Waals surface area (Å²) >= 11 is 0. The number of hydrogen-bond acceptors (Lipinski definition) is 3. The molecule has 0 atom stereocenters. The second kappa shape index (κ2) is 15.3. The smallest absolute Gasteiger partial charge is 0.160 e. The fraction of sp³-hybridized carbons (Fsp3) is 0.0714. The lowest BCUT2D eigenvalue weighted by molar-refractivity contribution is 1.18. The molecule has 4 heteroatoms. The van der Waals surface area contributed by atoms with Gasteiger partial charge in [0.1, 0.15) is 0 Å². The number of nitrogens with zero attached hydrogens (tertiary/aromatic N) is 4. The van der Waals surface area contributed by atoms with Gasteiger partial charge in [0.25, 0.3) is 0 Å². The molecule has 0 fully saturated rings. The summed E-state index contributed by atoms with van der Waals surface area (Å²) in [6.45, 7) is 8.63. The second-order valence-electron chi connectivity index (χ2n) is 15.8. The zero-order valence-electron chi connectivity index (χ0n) is 34.3. The molecule has 0 radical (unpaired) electrons. The van der Waals surface area contributed by atoms with Crippen LogP contribution in [0.4, 0.5) is 17.1 Å². The molecule has 60 heavy (non-hydrogen) atoms. The van der Waals surface area contributed by atoms with E-state index in [1.54, 1.807) is 0 Å². The van der Waals surface area contributed by atoms with Gasteiger partial charge in [-0.1, -0.05) is 126 Å². The maximum atomic E-state index is 5.15. The molecule has 4 nitrogen and oxygen atoms in total. The van der Waals surface area contributed by atoms with Crippen LogP contribution in [0.3, 0.4) is 0 Å². The van der Waals surface area contributed by atoms with Crippen LogP contribution in [0.25, 0.3) is 72.5 Å². The van der Waals surface area contributed by atoms with E-state index in [0.717, 1.165) is 56.7 Å². The SMILES string of the molecule is Cc1ccc(-c2cc(-c3cc(C)c(-c4ccc(-n5c6ccccc6c6cc(N(c7ccccc7)c7ccccc7)ccc65)cc4)c(C)c3)nc(-c3ccc(C)cc3)n2)cc1. The van der Waals surface area contributed by atoms with Gasteiger partial charge in [0.2, 0.25) is 0 Å². The summed E-state index contributed by atoms with van der Waals surface area (Å²) in [4.78, 5) is 12.5. The Hall–Kier alpha value is -7.56. The van der Waals surface area contributed by atoms with Crippen LogP contribution in [-0.2, 0) is 0 Å². The summed E-state index contributed by atoms with van der Waals surface area (Å²) in [7, 11) is 0. The third-order valence-corrected chi connectivity index (χ3v) is 11.6. The number of anilines is 3. The molecule has 0 amide bonds. The van der Waals surface area contributed by atoms with E-state index < -0.39 is 0 Å². The van der Waals surface area contributed by atoms with E-state index in [-0.39, 0.29) is 0 Å². The van der Waals surface area contributed by atoms with Crippen molar-refractivity contribution in [3.8, 4) is 50.7 Å². The third kappa shape index (κ3) is 6.82. The molecule has 2 aromatic heterocycles. The Kier molecular flexibility index (Phi) is 9.38. The first-order valence-electron chi connectivity index (χ1n) is 20.6. The molecule has 10 aromatic rings. The maximum Gasteiger partial charge on any atom is 0.160 e. The van der Waals surface area contributed by atoms with E-state index in [9.17, 15) is 0 Å². The van der Waals surface area contributed by atoms with Crippen LogP contribution in [0, 0.1) is 27.7 Å². The predicted molar refractivity (Wildman–Crippen MR) is 252 cm³/mol. The molecule has 288 valence electrons. The molecule has 0 aliphatic rings. The summed E-state index contributed by atoms with van der Waals surface area (Å²) in [5, 5.41) is 2.44. The van der Waals surface area contributed by atoms with Crippen molar-refractivity contribution >= 4 is 38.9 Å². The van der Waals surface area contributed by atoms with Crippen molar-refractivity contribution in [3.05, 3.63) is 216 Å². The van der Waals surface area contributed by atoms with Crippen molar-refractivity contribution in [1.29, 1.82) is 0 Å². The first-order valence-corrected chi connectivity index (χ1v) is 20.6. The fourth-order valence-corrected chi connectivity index (χ4v) is 8.62. The second-order valence-corrected chi connectivity index (χ2v) is 15.8. The number of aromatic nitrogens is 3. The van der Waals surface area contributed by atoms with Gasteiger partial charge in [0.05, 0.1) is 22.4 Å². The van der Waals surface area contributed by atoms with Gasteiger partial charge in [0.15, 0.2) is 5.82 Å². The van der Waals surface area contributed by atoms with E-state index in [0.29, 0.717) is 0 Å². The minimum atomic E-state index is 0.726. The van der Waals surface area contributed by atoms with E-state index in [1.807, 2.05) is 0 Å². The zero-order chi connectivity index (χ0) is 40.7. The fourth-order valence-electron chi connectivity index (χ4n) is 8.62. The normalized spacial score (nSPS) is 11.3. The van der Waals surface area contributed by atoms with Crippen LogP contribution in [-0.4, -0.2) is 14.5 Å². The first-order chi connectivity index (χ1) is 29.4. The monoisotopic (exact) mass is 772 g/mol. The molecule has 0 unspecified atom stereocenters. The molecule has 8 aromatic carbocycles. The summed E-state index contributed by atoms with van der Waals surface area (Å²) in [6.07, 6.45) is 0. The van der Waals surface area contributed by atoms with Crippen molar-refractivity contribution < 1.29 is 0 Å². The molecule has 0 aliphatic heterocycles. The zero-order valence-corrected chi connectivity index (χ0v) is 34.3. The number of fused-ring (bicyclic) bond motifs is 3. The Bertz CT molecular complexity index is 3020. The van der Waals surface area contributed by atoms with E-state index in [4.69, 9.17) is 9.97 Å². The Morgan fingerprint density at radius 3 is 1.52 bits per heavy atom. The number of rotatable bonds is 8.